The lowest BCUT2D eigenvalue weighted by Gasteiger charge is -2.09. The van der Waals surface area contributed by atoms with Gasteiger partial charge in [0.1, 0.15) is 0 Å². The Morgan fingerprint density at radius 2 is 1.42 bits per heavy atom. The van der Waals surface area contributed by atoms with Crippen molar-refractivity contribution in [2.24, 2.45) is 0 Å². The van der Waals surface area contributed by atoms with Gasteiger partial charge in [-0.3, -0.25) is 9.52 Å². The maximum atomic E-state index is 12.7. The minimum Gasteiger partial charge on any atom is -0.289 e. The van der Waals surface area contributed by atoms with E-state index in [0.29, 0.717) is 16.8 Å². The van der Waals surface area contributed by atoms with Gasteiger partial charge in [0.05, 0.1) is 4.90 Å². The van der Waals surface area contributed by atoms with E-state index in [9.17, 15) is 13.2 Å². The van der Waals surface area contributed by atoms with Gasteiger partial charge in [-0.05, 0) is 54.4 Å². The lowest BCUT2D eigenvalue weighted by molar-refractivity contribution is 0.104. The third-order valence-corrected chi connectivity index (χ3v) is 6.24. The molecule has 0 radical (unpaired) electrons. The average Bonchev–Trinajstić information content (AvgIpc) is 2.89. The zero-order chi connectivity index (χ0) is 18.5. The molecule has 0 fully saturated rings. The summed E-state index contributed by atoms with van der Waals surface area (Å²) in [4.78, 5) is 12.7. The Balaban J connectivity index is 1.73. The normalized spacial score (nSPS) is 12.6. The van der Waals surface area contributed by atoms with Gasteiger partial charge in [-0.2, -0.15) is 0 Å². The number of sulfonamides is 1. The van der Waals surface area contributed by atoms with Gasteiger partial charge in [0.2, 0.25) is 0 Å². The third kappa shape index (κ3) is 2.85. The van der Waals surface area contributed by atoms with Crippen LogP contribution >= 0.6 is 15.9 Å². The summed E-state index contributed by atoms with van der Waals surface area (Å²) >= 11 is 3.37. The zero-order valence-corrected chi connectivity index (χ0v) is 16.2. The average molecular weight is 428 g/mol. The summed E-state index contributed by atoms with van der Waals surface area (Å²) in [5.41, 5.74) is 4.09. The van der Waals surface area contributed by atoms with Crippen LogP contribution in [-0.2, 0) is 10.0 Å². The van der Waals surface area contributed by atoms with E-state index in [1.165, 1.54) is 12.1 Å². The molecule has 0 aliphatic heterocycles. The molecule has 130 valence electrons. The van der Waals surface area contributed by atoms with Gasteiger partial charge in [0.15, 0.2) is 5.78 Å². The van der Waals surface area contributed by atoms with E-state index >= 15 is 0 Å². The summed E-state index contributed by atoms with van der Waals surface area (Å²) in [5.74, 6) is -0.163. The second-order valence-corrected chi connectivity index (χ2v) is 8.80. The molecule has 0 unspecified atom stereocenters. The highest BCUT2D eigenvalue weighted by Gasteiger charge is 2.28. The molecule has 3 aromatic carbocycles. The summed E-state index contributed by atoms with van der Waals surface area (Å²) in [6, 6.07) is 17.2. The molecule has 0 aromatic heterocycles. The molecule has 0 spiro atoms. The lowest BCUT2D eigenvalue weighted by Crippen LogP contribution is -2.13. The highest BCUT2D eigenvalue weighted by atomic mass is 79.9. The zero-order valence-electron chi connectivity index (χ0n) is 13.8. The lowest BCUT2D eigenvalue weighted by atomic mass is 10.1. The van der Waals surface area contributed by atoms with E-state index in [1.54, 1.807) is 24.3 Å². The van der Waals surface area contributed by atoms with E-state index in [0.717, 1.165) is 21.2 Å². The van der Waals surface area contributed by atoms with E-state index < -0.39 is 10.0 Å². The van der Waals surface area contributed by atoms with Crippen LogP contribution in [0.4, 0.5) is 5.69 Å². The number of halogens is 1. The predicted octanol–water partition coefficient (Wildman–Crippen LogP) is 4.77. The minimum atomic E-state index is -3.78. The number of ketones is 1. The number of hydrogen-bond acceptors (Lipinski definition) is 3. The fourth-order valence-electron chi connectivity index (χ4n) is 3.03. The van der Waals surface area contributed by atoms with Gasteiger partial charge >= 0.3 is 0 Å². The molecule has 26 heavy (non-hydrogen) atoms. The second-order valence-electron chi connectivity index (χ2n) is 6.20. The first-order chi connectivity index (χ1) is 12.3. The first kappa shape index (κ1) is 17.0. The number of rotatable bonds is 3. The van der Waals surface area contributed by atoms with Crippen molar-refractivity contribution in [2.75, 3.05) is 4.72 Å². The molecule has 1 N–H and O–H groups in total. The van der Waals surface area contributed by atoms with Crippen LogP contribution in [0, 0.1) is 6.92 Å². The molecule has 4 rings (SSSR count). The van der Waals surface area contributed by atoms with Gasteiger partial charge in [-0.15, -0.1) is 0 Å². The SMILES string of the molecule is Cc1ccc(NS(=O)(=O)c2ccc3c(c2)C(=O)c2cc(Br)ccc2-3)cc1. The summed E-state index contributed by atoms with van der Waals surface area (Å²) in [6.45, 7) is 1.93. The molecule has 0 heterocycles. The van der Waals surface area contributed by atoms with Crippen LogP contribution in [0.25, 0.3) is 11.1 Å². The first-order valence-corrected chi connectivity index (χ1v) is 10.2. The highest BCUT2D eigenvalue weighted by Crippen LogP contribution is 2.39. The molecule has 1 aliphatic carbocycles. The number of aryl methyl sites for hydroxylation is 1. The van der Waals surface area contributed by atoms with Crippen LogP contribution < -0.4 is 4.72 Å². The van der Waals surface area contributed by atoms with Crippen molar-refractivity contribution in [1.29, 1.82) is 0 Å². The molecule has 6 heteroatoms. The van der Waals surface area contributed by atoms with Gasteiger partial charge in [0, 0.05) is 21.3 Å². The van der Waals surface area contributed by atoms with Crippen molar-refractivity contribution in [2.45, 2.75) is 11.8 Å². The number of benzene rings is 3. The molecule has 0 amide bonds. The predicted molar refractivity (Wildman–Crippen MR) is 105 cm³/mol. The fraction of sp³-hybridized carbons (Fsp3) is 0.0500. The summed E-state index contributed by atoms with van der Waals surface area (Å²) < 4.78 is 28.7. The number of hydrogen-bond donors (Lipinski definition) is 1. The Bertz CT molecular complexity index is 1150. The summed E-state index contributed by atoms with van der Waals surface area (Å²) in [6.07, 6.45) is 0. The topological polar surface area (TPSA) is 63.2 Å². The van der Waals surface area contributed by atoms with Crippen molar-refractivity contribution in [3.8, 4) is 11.1 Å². The van der Waals surface area contributed by atoms with Crippen LogP contribution in [0.15, 0.2) is 70.0 Å². The van der Waals surface area contributed by atoms with Crippen LogP contribution in [0.3, 0.4) is 0 Å². The number of nitrogens with one attached hydrogen (secondary N) is 1. The highest BCUT2D eigenvalue weighted by molar-refractivity contribution is 9.10. The summed E-state index contributed by atoms with van der Waals surface area (Å²) in [5, 5.41) is 0. The molecular weight excluding hydrogens is 414 g/mol. The van der Waals surface area contributed by atoms with E-state index in [4.69, 9.17) is 0 Å². The minimum absolute atomic E-state index is 0.0667. The van der Waals surface area contributed by atoms with Gasteiger partial charge in [-0.25, -0.2) is 8.42 Å². The molecule has 3 aromatic rings. The third-order valence-electron chi connectivity index (χ3n) is 4.37. The van der Waals surface area contributed by atoms with E-state index in [2.05, 4.69) is 20.7 Å². The van der Waals surface area contributed by atoms with Crippen molar-refractivity contribution in [1.82, 2.24) is 0 Å². The Kier molecular flexibility index (Phi) is 3.97. The quantitative estimate of drug-likeness (QED) is 0.511. The maximum Gasteiger partial charge on any atom is 0.261 e. The van der Waals surface area contributed by atoms with Crippen molar-refractivity contribution in [3.63, 3.8) is 0 Å². The molecule has 1 aliphatic rings. The van der Waals surface area contributed by atoms with Gasteiger partial charge in [0.25, 0.3) is 10.0 Å². The molecule has 0 bridgehead atoms. The van der Waals surface area contributed by atoms with Crippen LogP contribution in [0.2, 0.25) is 0 Å². The molecular formula is C20H14BrNO3S. The number of fused-ring (bicyclic) bond motifs is 3. The van der Waals surface area contributed by atoms with Gasteiger partial charge < -0.3 is 0 Å². The number of carbonyl (C=O) groups is 1. The Morgan fingerprint density at radius 3 is 2.12 bits per heavy atom. The number of carbonyl (C=O) groups excluding carboxylic acids is 1. The van der Waals surface area contributed by atoms with Crippen LogP contribution in [-0.4, -0.2) is 14.2 Å². The second kappa shape index (κ2) is 6.07. The standard InChI is InChI=1S/C20H14BrNO3S/c1-12-2-5-14(6-3-12)22-26(24,25)15-7-9-17-16-8-4-13(21)10-18(16)20(23)19(17)11-15/h2-11,22H,1H3. The van der Waals surface area contributed by atoms with Gasteiger partial charge in [-0.1, -0.05) is 45.8 Å². The monoisotopic (exact) mass is 427 g/mol. The maximum absolute atomic E-state index is 12.7. The smallest absolute Gasteiger partial charge is 0.261 e. The molecule has 0 saturated carbocycles. The molecule has 4 nitrogen and oxygen atoms in total. The first-order valence-electron chi connectivity index (χ1n) is 7.93. The number of anilines is 1. The van der Waals surface area contributed by atoms with Crippen molar-refractivity contribution < 1.29 is 13.2 Å². The Morgan fingerprint density at radius 1 is 0.808 bits per heavy atom. The Labute approximate surface area is 160 Å². The van der Waals surface area contributed by atoms with Crippen LogP contribution in [0.1, 0.15) is 21.5 Å². The van der Waals surface area contributed by atoms with Crippen molar-refractivity contribution >= 4 is 37.4 Å². The van der Waals surface area contributed by atoms with E-state index in [1.807, 2.05) is 31.2 Å². The Hall–Kier alpha value is -2.44. The largest absolute Gasteiger partial charge is 0.289 e. The summed E-state index contributed by atoms with van der Waals surface area (Å²) in [7, 11) is -3.78. The molecule has 0 saturated heterocycles. The fourth-order valence-corrected chi connectivity index (χ4v) is 4.48. The molecule has 0 atom stereocenters. The van der Waals surface area contributed by atoms with Crippen molar-refractivity contribution in [3.05, 3.63) is 81.8 Å². The van der Waals surface area contributed by atoms with Crippen LogP contribution in [0.5, 0.6) is 0 Å². The van der Waals surface area contributed by atoms with E-state index in [-0.39, 0.29) is 10.7 Å².